The number of hydrogen-bond donors (Lipinski definition) is 0. The van der Waals surface area contributed by atoms with Crippen LogP contribution in [0, 0.1) is 0 Å². The fraction of sp³-hybridized carbons (Fsp3) is 1.00. The molecule has 2 heteroatoms. The molecule has 0 saturated heterocycles. The Morgan fingerprint density at radius 1 is 0.500 bits per heavy atom. The first-order valence-corrected chi connectivity index (χ1v) is 10.6. The van der Waals surface area contributed by atoms with E-state index < -0.39 is 7.26 Å². The summed E-state index contributed by atoms with van der Waals surface area (Å²) in [6, 6.07) is 0. The van der Waals surface area contributed by atoms with Crippen molar-refractivity contribution in [1.29, 1.82) is 0 Å². The summed E-state index contributed by atoms with van der Waals surface area (Å²) >= 11 is 0. The van der Waals surface area contributed by atoms with Gasteiger partial charge in [-0.25, -0.2) is 0 Å². The van der Waals surface area contributed by atoms with E-state index in [9.17, 15) is 0 Å². The first kappa shape index (κ1) is 21.5. The fourth-order valence-corrected chi connectivity index (χ4v) is 7.93. The molecule has 0 unspecified atom stereocenters. The average molecular weight is 387 g/mol. The highest BCUT2D eigenvalue weighted by Gasteiger charge is 2.34. The molecule has 0 atom stereocenters. The second kappa shape index (κ2) is 14.6. The molecule has 112 valence electrons. The van der Waals surface area contributed by atoms with Gasteiger partial charge < -0.3 is 0 Å². The van der Waals surface area contributed by atoms with Crippen LogP contribution in [-0.2, 0) is 0 Å². The van der Waals surface area contributed by atoms with Crippen LogP contribution in [0.2, 0.25) is 0 Å². The third-order valence-electron chi connectivity index (χ3n) is 3.94. The Kier molecular flexibility index (Phi) is 17.4. The Morgan fingerprint density at radius 2 is 0.722 bits per heavy atom. The Labute approximate surface area is 134 Å². The Bertz CT molecular complexity index is 122. The van der Waals surface area contributed by atoms with Crippen LogP contribution < -0.4 is 0 Å². The predicted octanol–water partition coefficient (Wildman–Crippen LogP) is 6.82. The first-order valence-electron chi connectivity index (χ1n) is 8.09. The third kappa shape index (κ3) is 10.0. The van der Waals surface area contributed by atoms with Crippen molar-refractivity contribution in [3.05, 3.63) is 0 Å². The molecular formula is C16H37IP+. The molecule has 0 fully saturated rings. The van der Waals surface area contributed by atoms with Crippen molar-refractivity contribution in [2.24, 2.45) is 0 Å². The first-order chi connectivity index (χ1) is 8.24. The minimum Gasteiger partial charge on any atom is -0.107 e. The second-order valence-corrected chi connectivity index (χ2v) is 10.1. The summed E-state index contributed by atoms with van der Waals surface area (Å²) < 4.78 is 0. The Morgan fingerprint density at radius 3 is 0.889 bits per heavy atom. The molecule has 0 aliphatic rings. The van der Waals surface area contributed by atoms with E-state index in [1.54, 1.807) is 24.6 Å². The highest BCUT2D eigenvalue weighted by atomic mass is 127. The highest BCUT2D eigenvalue weighted by Crippen LogP contribution is 2.61. The predicted molar refractivity (Wildman–Crippen MR) is 101 cm³/mol. The summed E-state index contributed by atoms with van der Waals surface area (Å²) in [6.07, 6.45) is 17.9. The van der Waals surface area contributed by atoms with E-state index in [-0.39, 0.29) is 24.0 Å². The topological polar surface area (TPSA) is 0 Å². The monoisotopic (exact) mass is 387 g/mol. The van der Waals surface area contributed by atoms with Crippen molar-refractivity contribution >= 4 is 31.2 Å². The molecule has 0 nitrogen and oxygen atoms in total. The van der Waals surface area contributed by atoms with Gasteiger partial charge in [-0.2, -0.15) is 0 Å². The van der Waals surface area contributed by atoms with Gasteiger partial charge in [0.05, 0.1) is 24.6 Å². The lowest BCUT2D eigenvalue weighted by Crippen LogP contribution is -2.12. The lowest BCUT2D eigenvalue weighted by molar-refractivity contribution is 0.814. The van der Waals surface area contributed by atoms with Crippen LogP contribution in [-0.4, -0.2) is 24.6 Å². The van der Waals surface area contributed by atoms with Crippen LogP contribution in [0.25, 0.3) is 0 Å². The largest absolute Gasteiger partial charge is 0.107 e. The molecule has 0 bridgehead atoms. The Balaban J connectivity index is 0. The van der Waals surface area contributed by atoms with Crippen molar-refractivity contribution < 1.29 is 0 Å². The van der Waals surface area contributed by atoms with Crippen LogP contribution in [0.4, 0.5) is 0 Å². The van der Waals surface area contributed by atoms with Crippen LogP contribution in [0.15, 0.2) is 0 Å². The zero-order valence-corrected chi connectivity index (χ0v) is 16.6. The smallest absolute Gasteiger partial charge is 0.0594 e. The average Bonchev–Trinajstić information content (AvgIpc) is 2.37. The third-order valence-corrected chi connectivity index (χ3v) is 9.00. The maximum Gasteiger partial charge on any atom is 0.0594 e. The Hall–Kier alpha value is 1.16. The summed E-state index contributed by atoms with van der Waals surface area (Å²) in [5.74, 6) is 0. The van der Waals surface area contributed by atoms with Gasteiger partial charge in [-0.05, 0) is 25.7 Å². The molecule has 0 rings (SSSR count). The summed E-state index contributed by atoms with van der Waals surface area (Å²) in [7, 11) is -0.562. The summed E-state index contributed by atoms with van der Waals surface area (Å²) in [5, 5.41) is 0. The molecule has 0 amide bonds. The van der Waals surface area contributed by atoms with Gasteiger partial charge in [0, 0.05) is 7.26 Å². The van der Waals surface area contributed by atoms with Gasteiger partial charge >= 0.3 is 0 Å². The zero-order chi connectivity index (χ0) is 13.0. The molecule has 0 radical (unpaired) electrons. The van der Waals surface area contributed by atoms with E-state index >= 15 is 0 Å². The van der Waals surface area contributed by atoms with Gasteiger partial charge in [0.2, 0.25) is 0 Å². The van der Waals surface area contributed by atoms with E-state index in [0.29, 0.717) is 0 Å². The molecule has 0 aliphatic heterocycles. The van der Waals surface area contributed by atoms with Crippen LogP contribution in [0.1, 0.15) is 79.1 Å². The second-order valence-electron chi connectivity index (χ2n) is 5.65. The lowest BCUT2D eigenvalue weighted by atomic mass is 10.4. The van der Waals surface area contributed by atoms with Crippen molar-refractivity contribution in [3.63, 3.8) is 0 Å². The minimum atomic E-state index is -0.562. The number of halogens is 1. The van der Waals surface area contributed by atoms with Gasteiger partial charge in [0.25, 0.3) is 0 Å². The standard InChI is InChI=1S/C16H36P.HI/c1-5-9-13-17(14-10-6-2,15-11-7-3)16-12-8-4;/h5-16H2,1-4H3;1H/q+1;. The van der Waals surface area contributed by atoms with Gasteiger partial charge in [0.1, 0.15) is 0 Å². The summed E-state index contributed by atoms with van der Waals surface area (Å²) in [4.78, 5) is 0. The lowest BCUT2D eigenvalue weighted by Gasteiger charge is -2.28. The van der Waals surface area contributed by atoms with Crippen LogP contribution in [0.3, 0.4) is 0 Å². The van der Waals surface area contributed by atoms with E-state index in [0.717, 1.165) is 0 Å². The highest BCUT2D eigenvalue weighted by molar-refractivity contribution is 14.0. The molecule has 0 N–H and O–H groups in total. The maximum absolute atomic E-state index is 2.36. The summed E-state index contributed by atoms with van der Waals surface area (Å²) in [5.41, 5.74) is 0. The van der Waals surface area contributed by atoms with Crippen molar-refractivity contribution in [2.45, 2.75) is 79.1 Å². The normalized spacial score (nSPS) is 11.3. The van der Waals surface area contributed by atoms with Gasteiger partial charge in [-0.1, -0.05) is 53.4 Å². The summed E-state index contributed by atoms with van der Waals surface area (Å²) in [6.45, 7) is 9.42. The van der Waals surface area contributed by atoms with E-state index in [1.807, 2.05) is 0 Å². The van der Waals surface area contributed by atoms with Crippen molar-refractivity contribution in [3.8, 4) is 0 Å². The fourth-order valence-electron chi connectivity index (χ4n) is 2.64. The molecule has 0 spiro atoms. The minimum absolute atomic E-state index is 0. The van der Waals surface area contributed by atoms with Crippen molar-refractivity contribution in [2.75, 3.05) is 24.6 Å². The molecule has 0 aromatic rings. The molecule has 0 aromatic carbocycles. The number of hydrogen-bond acceptors (Lipinski definition) is 0. The quantitative estimate of drug-likeness (QED) is 0.255. The van der Waals surface area contributed by atoms with Crippen LogP contribution in [0.5, 0.6) is 0 Å². The SMILES string of the molecule is CCCC[P+](CCCC)(CCCC)CCCC.I. The molecular weight excluding hydrogens is 350 g/mol. The van der Waals surface area contributed by atoms with Crippen LogP contribution >= 0.6 is 31.2 Å². The molecule has 18 heavy (non-hydrogen) atoms. The molecule has 0 aromatic heterocycles. The van der Waals surface area contributed by atoms with Crippen molar-refractivity contribution in [1.82, 2.24) is 0 Å². The van der Waals surface area contributed by atoms with E-state index in [2.05, 4.69) is 27.7 Å². The molecule has 0 saturated carbocycles. The van der Waals surface area contributed by atoms with Gasteiger partial charge in [-0.3, -0.25) is 0 Å². The van der Waals surface area contributed by atoms with Gasteiger partial charge in [0.15, 0.2) is 0 Å². The molecule has 0 heterocycles. The van der Waals surface area contributed by atoms with Gasteiger partial charge in [-0.15, -0.1) is 24.0 Å². The number of rotatable bonds is 12. The maximum atomic E-state index is 2.36. The van der Waals surface area contributed by atoms with E-state index in [1.165, 1.54) is 51.4 Å². The number of unbranched alkanes of at least 4 members (excludes halogenated alkanes) is 4. The molecule has 0 aliphatic carbocycles. The van der Waals surface area contributed by atoms with E-state index in [4.69, 9.17) is 0 Å². The zero-order valence-electron chi connectivity index (χ0n) is 13.3.